The van der Waals surface area contributed by atoms with Gasteiger partial charge in [0.25, 0.3) is 5.91 Å². The Morgan fingerprint density at radius 1 is 1.33 bits per heavy atom. The average Bonchev–Trinajstić information content (AvgIpc) is 2.95. The lowest BCUT2D eigenvalue weighted by Gasteiger charge is -2.12. The van der Waals surface area contributed by atoms with Gasteiger partial charge in [-0.1, -0.05) is 37.3 Å². The predicted octanol–water partition coefficient (Wildman–Crippen LogP) is 2.46. The minimum atomic E-state index is -0.102. The van der Waals surface area contributed by atoms with Crippen molar-refractivity contribution >= 4 is 17.2 Å². The van der Waals surface area contributed by atoms with Gasteiger partial charge >= 0.3 is 0 Å². The predicted molar refractivity (Wildman–Crippen MR) is 86.8 cm³/mol. The third-order valence-corrected chi connectivity index (χ3v) is 3.95. The summed E-state index contributed by atoms with van der Waals surface area (Å²) in [5, 5.41) is 8.95. The maximum Gasteiger partial charge on any atom is 0.270 e. The molecule has 1 amide bonds. The number of thiazole rings is 1. The molecule has 5 heteroatoms. The molecule has 0 aliphatic heterocycles. The lowest BCUT2D eigenvalue weighted by Crippen LogP contribution is -2.38. The molecule has 0 unspecified atom stereocenters. The number of hydrogen-bond donors (Lipinski definition) is 2. The maximum absolute atomic E-state index is 12.0. The molecule has 2 N–H and O–H groups in total. The van der Waals surface area contributed by atoms with Crippen LogP contribution >= 0.6 is 11.3 Å². The third kappa shape index (κ3) is 4.95. The van der Waals surface area contributed by atoms with Gasteiger partial charge in [0, 0.05) is 24.4 Å². The van der Waals surface area contributed by atoms with E-state index in [9.17, 15) is 4.79 Å². The molecule has 0 saturated carbocycles. The Hall–Kier alpha value is -1.72. The van der Waals surface area contributed by atoms with Gasteiger partial charge in [-0.05, 0) is 19.0 Å². The highest BCUT2D eigenvalue weighted by molar-refractivity contribution is 7.09. The fourth-order valence-corrected chi connectivity index (χ4v) is 2.83. The van der Waals surface area contributed by atoms with E-state index in [1.807, 2.05) is 30.5 Å². The average molecular weight is 303 g/mol. The van der Waals surface area contributed by atoms with Gasteiger partial charge in [0.05, 0.1) is 5.01 Å². The van der Waals surface area contributed by atoms with Gasteiger partial charge in [-0.15, -0.1) is 11.3 Å². The molecular formula is C16H21N3OS. The van der Waals surface area contributed by atoms with Gasteiger partial charge in [0.15, 0.2) is 0 Å². The van der Waals surface area contributed by atoms with Crippen LogP contribution in [-0.4, -0.2) is 30.0 Å². The summed E-state index contributed by atoms with van der Waals surface area (Å²) in [6, 6.07) is 10.4. The summed E-state index contributed by atoms with van der Waals surface area (Å²) in [7, 11) is 0. The molecule has 0 saturated heterocycles. The van der Waals surface area contributed by atoms with Crippen molar-refractivity contribution in [2.75, 3.05) is 13.1 Å². The van der Waals surface area contributed by atoms with Crippen LogP contribution in [0.5, 0.6) is 0 Å². The van der Waals surface area contributed by atoms with Crippen LogP contribution in [0.15, 0.2) is 35.7 Å². The Balaban J connectivity index is 1.89. The number of carbonyl (C=O) groups is 1. The van der Waals surface area contributed by atoms with Gasteiger partial charge in [0.1, 0.15) is 5.69 Å². The van der Waals surface area contributed by atoms with Gasteiger partial charge in [-0.2, -0.15) is 0 Å². The largest absolute Gasteiger partial charge is 0.349 e. The highest BCUT2D eigenvalue weighted by Gasteiger charge is 2.11. The smallest absolute Gasteiger partial charge is 0.270 e. The number of aromatic nitrogens is 1. The normalized spacial score (nSPS) is 12.1. The van der Waals surface area contributed by atoms with Crippen LogP contribution in [0.4, 0.5) is 0 Å². The van der Waals surface area contributed by atoms with Crippen molar-refractivity contribution in [1.29, 1.82) is 0 Å². The van der Waals surface area contributed by atoms with E-state index < -0.39 is 0 Å². The number of carbonyl (C=O) groups excluding carboxylic acids is 1. The van der Waals surface area contributed by atoms with Gasteiger partial charge in [-0.25, -0.2) is 4.98 Å². The molecule has 0 aliphatic rings. The highest BCUT2D eigenvalue weighted by Crippen LogP contribution is 2.14. The van der Waals surface area contributed by atoms with Crippen LogP contribution in [0.1, 0.15) is 34.9 Å². The summed E-state index contributed by atoms with van der Waals surface area (Å²) in [4.78, 5) is 16.4. The zero-order valence-corrected chi connectivity index (χ0v) is 13.2. The van der Waals surface area contributed by atoms with Crippen LogP contribution in [0.2, 0.25) is 0 Å². The van der Waals surface area contributed by atoms with E-state index in [0.717, 1.165) is 18.0 Å². The fraction of sp³-hybridized carbons (Fsp3) is 0.375. The van der Waals surface area contributed by atoms with E-state index in [2.05, 4.69) is 34.7 Å². The molecule has 0 radical (unpaired) electrons. The molecule has 1 heterocycles. The summed E-state index contributed by atoms with van der Waals surface area (Å²) < 4.78 is 0. The second-order valence-electron chi connectivity index (χ2n) is 4.96. The van der Waals surface area contributed by atoms with Crippen LogP contribution < -0.4 is 10.6 Å². The van der Waals surface area contributed by atoms with Gasteiger partial charge in [0.2, 0.25) is 0 Å². The molecule has 112 valence electrons. The SMILES string of the molecule is CCN[C@H](C)CNC(=O)c1csc(Cc2ccccc2)n1. The summed E-state index contributed by atoms with van der Waals surface area (Å²) in [6.07, 6.45) is 0.770. The first-order valence-corrected chi connectivity index (χ1v) is 8.07. The summed E-state index contributed by atoms with van der Waals surface area (Å²) in [5.74, 6) is -0.102. The molecule has 1 aromatic heterocycles. The lowest BCUT2D eigenvalue weighted by molar-refractivity contribution is 0.0946. The molecule has 1 aromatic carbocycles. The third-order valence-electron chi connectivity index (χ3n) is 3.10. The lowest BCUT2D eigenvalue weighted by atomic mass is 10.2. The Labute approximate surface area is 129 Å². The van der Waals surface area contributed by atoms with Crippen molar-refractivity contribution in [2.45, 2.75) is 26.3 Å². The van der Waals surface area contributed by atoms with Crippen molar-refractivity contribution in [2.24, 2.45) is 0 Å². The molecule has 0 spiro atoms. The number of likely N-dealkylation sites (N-methyl/N-ethyl adjacent to an activating group) is 1. The van der Waals surface area contributed by atoms with Crippen LogP contribution in [0, 0.1) is 0 Å². The summed E-state index contributed by atoms with van der Waals surface area (Å²) >= 11 is 1.53. The van der Waals surface area contributed by atoms with E-state index >= 15 is 0 Å². The maximum atomic E-state index is 12.0. The second kappa shape index (κ2) is 7.90. The first-order valence-electron chi connectivity index (χ1n) is 7.19. The van der Waals surface area contributed by atoms with Crippen molar-refractivity contribution in [3.05, 3.63) is 52.0 Å². The zero-order valence-electron chi connectivity index (χ0n) is 12.4. The van der Waals surface area contributed by atoms with Crippen molar-refractivity contribution in [1.82, 2.24) is 15.6 Å². The van der Waals surface area contributed by atoms with Crippen LogP contribution in [-0.2, 0) is 6.42 Å². The van der Waals surface area contributed by atoms with Crippen molar-refractivity contribution in [3.8, 4) is 0 Å². The molecule has 0 bridgehead atoms. The fourth-order valence-electron chi connectivity index (χ4n) is 2.02. The molecule has 0 aliphatic carbocycles. The number of benzene rings is 1. The number of nitrogens with one attached hydrogen (secondary N) is 2. The van der Waals surface area contributed by atoms with E-state index in [-0.39, 0.29) is 11.9 Å². The van der Waals surface area contributed by atoms with Crippen LogP contribution in [0.3, 0.4) is 0 Å². The molecule has 21 heavy (non-hydrogen) atoms. The molecule has 4 nitrogen and oxygen atoms in total. The Morgan fingerprint density at radius 3 is 2.81 bits per heavy atom. The van der Waals surface area contributed by atoms with Crippen molar-refractivity contribution < 1.29 is 4.79 Å². The van der Waals surface area contributed by atoms with Gasteiger partial charge < -0.3 is 10.6 Å². The number of rotatable bonds is 7. The Bertz CT molecular complexity index is 568. The summed E-state index contributed by atoms with van der Waals surface area (Å²) in [5.41, 5.74) is 1.72. The monoisotopic (exact) mass is 303 g/mol. The minimum Gasteiger partial charge on any atom is -0.349 e. The van der Waals surface area contributed by atoms with E-state index in [1.165, 1.54) is 16.9 Å². The number of hydrogen-bond acceptors (Lipinski definition) is 4. The highest BCUT2D eigenvalue weighted by atomic mass is 32.1. The molecule has 0 fully saturated rings. The minimum absolute atomic E-state index is 0.102. The van der Waals surface area contributed by atoms with E-state index in [4.69, 9.17) is 0 Å². The Kier molecular flexibility index (Phi) is 5.90. The summed E-state index contributed by atoms with van der Waals surface area (Å²) in [6.45, 7) is 5.60. The quantitative estimate of drug-likeness (QED) is 0.826. The topological polar surface area (TPSA) is 54.0 Å². The van der Waals surface area contributed by atoms with Crippen molar-refractivity contribution in [3.63, 3.8) is 0 Å². The molecule has 2 rings (SSSR count). The van der Waals surface area contributed by atoms with Crippen LogP contribution in [0.25, 0.3) is 0 Å². The number of amides is 1. The Morgan fingerprint density at radius 2 is 2.10 bits per heavy atom. The number of nitrogens with zero attached hydrogens (tertiary/aromatic N) is 1. The first kappa shape index (κ1) is 15.7. The molecular weight excluding hydrogens is 282 g/mol. The van der Waals surface area contributed by atoms with Gasteiger partial charge in [-0.3, -0.25) is 4.79 Å². The first-order chi connectivity index (χ1) is 10.2. The van der Waals surface area contributed by atoms with E-state index in [1.54, 1.807) is 0 Å². The zero-order chi connectivity index (χ0) is 15.1. The molecule has 1 atom stereocenters. The van der Waals surface area contributed by atoms with E-state index in [0.29, 0.717) is 12.2 Å². The standard InChI is InChI=1S/C16H21N3OS/c1-3-17-12(2)10-18-16(20)14-11-21-15(19-14)9-13-7-5-4-6-8-13/h4-8,11-12,17H,3,9-10H2,1-2H3,(H,18,20)/t12-/m1/s1. The second-order valence-corrected chi connectivity index (χ2v) is 5.90. The molecule has 2 aromatic rings.